The maximum absolute atomic E-state index is 10.3. The predicted octanol–water partition coefficient (Wildman–Crippen LogP) is 4.97. The number of hydrogen-bond donors (Lipinski definition) is 1. The Hall–Kier alpha value is -0.180. The monoisotopic (exact) mass is 246 g/mol. The van der Waals surface area contributed by atoms with E-state index in [1.807, 2.05) is 0 Å². The first-order valence-corrected chi connectivity index (χ1v) is 7.07. The first-order valence-electron chi connectivity index (χ1n) is 6.63. The summed E-state index contributed by atoms with van der Waals surface area (Å²) in [5, 5.41) is -0.462. The smallest absolute Gasteiger partial charge is 0.364 e. The van der Waals surface area contributed by atoms with Crippen molar-refractivity contribution >= 4 is 17.9 Å². The molecule has 0 aromatic carbocycles. The molecule has 0 saturated carbocycles. The van der Waals surface area contributed by atoms with Crippen LogP contribution in [0.5, 0.6) is 0 Å². The van der Waals surface area contributed by atoms with E-state index >= 15 is 0 Å². The molecule has 0 unspecified atom stereocenters. The highest BCUT2D eigenvalue weighted by Crippen LogP contribution is 2.10. The summed E-state index contributed by atoms with van der Waals surface area (Å²) in [6.45, 7) is 2.77. The van der Waals surface area contributed by atoms with Crippen molar-refractivity contribution < 1.29 is 9.53 Å². The number of unbranched alkanes of at least 4 members (excludes halogenated alkanes) is 9. The van der Waals surface area contributed by atoms with E-state index in [4.69, 9.17) is 4.74 Å². The highest BCUT2D eigenvalue weighted by Gasteiger charge is 1.94. The Morgan fingerprint density at radius 1 is 0.875 bits per heavy atom. The Kier molecular flexibility index (Phi) is 12.7. The zero-order valence-corrected chi connectivity index (χ0v) is 11.4. The van der Waals surface area contributed by atoms with Gasteiger partial charge in [0.2, 0.25) is 0 Å². The molecule has 2 nitrogen and oxygen atoms in total. The summed E-state index contributed by atoms with van der Waals surface area (Å²) in [6.07, 6.45) is 13.0. The molecule has 0 spiro atoms. The van der Waals surface area contributed by atoms with Crippen LogP contribution in [0.2, 0.25) is 0 Å². The van der Waals surface area contributed by atoms with Gasteiger partial charge in [0.25, 0.3) is 0 Å². The molecule has 0 saturated heterocycles. The van der Waals surface area contributed by atoms with Gasteiger partial charge in [0, 0.05) is 0 Å². The van der Waals surface area contributed by atoms with Gasteiger partial charge < -0.3 is 4.74 Å². The van der Waals surface area contributed by atoms with Crippen LogP contribution in [0.3, 0.4) is 0 Å². The third-order valence-electron chi connectivity index (χ3n) is 2.72. The van der Waals surface area contributed by atoms with Gasteiger partial charge >= 0.3 is 5.30 Å². The molecule has 0 atom stereocenters. The molecule has 0 heterocycles. The lowest BCUT2D eigenvalue weighted by Gasteiger charge is -2.02. The van der Waals surface area contributed by atoms with E-state index in [9.17, 15) is 4.79 Å². The highest BCUT2D eigenvalue weighted by molar-refractivity contribution is 7.96. The zero-order chi connectivity index (χ0) is 12.1. The second-order valence-corrected chi connectivity index (χ2v) is 4.66. The van der Waals surface area contributed by atoms with Gasteiger partial charge in [-0.1, -0.05) is 77.3 Å². The fourth-order valence-corrected chi connectivity index (χ4v) is 1.84. The van der Waals surface area contributed by atoms with Crippen LogP contribution in [-0.2, 0) is 4.74 Å². The van der Waals surface area contributed by atoms with Crippen molar-refractivity contribution in [2.24, 2.45) is 0 Å². The molecule has 0 aromatic rings. The molecule has 0 N–H and O–H groups in total. The summed E-state index contributed by atoms with van der Waals surface area (Å²) in [5.41, 5.74) is 0. The van der Waals surface area contributed by atoms with E-state index in [1.165, 1.54) is 51.4 Å². The first-order chi connectivity index (χ1) is 7.77. The van der Waals surface area contributed by atoms with Gasteiger partial charge in [-0.25, -0.2) is 4.79 Å². The van der Waals surface area contributed by atoms with Crippen LogP contribution in [0, 0.1) is 0 Å². The van der Waals surface area contributed by atoms with Crippen LogP contribution in [0.15, 0.2) is 0 Å². The molecule has 0 radical (unpaired) electrons. The lowest BCUT2D eigenvalue weighted by Crippen LogP contribution is -1.96. The summed E-state index contributed by atoms with van der Waals surface area (Å²) in [5.74, 6) is 0. The zero-order valence-electron chi connectivity index (χ0n) is 10.5. The fourth-order valence-electron chi connectivity index (χ4n) is 1.75. The van der Waals surface area contributed by atoms with E-state index in [1.54, 1.807) is 0 Å². The van der Waals surface area contributed by atoms with Crippen molar-refractivity contribution in [1.29, 1.82) is 0 Å². The minimum atomic E-state index is -0.462. The second-order valence-electron chi connectivity index (χ2n) is 4.30. The number of carbonyl (C=O) groups excluding carboxylic acids is 1. The molecular weight excluding hydrogens is 220 g/mol. The Morgan fingerprint density at radius 3 is 1.75 bits per heavy atom. The summed E-state index contributed by atoms with van der Waals surface area (Å²) in [4.78, 5) is 10.3. The molecule has 0 aliphatic heterocycles. The molecular formula is C13H26O2S. The topological polar surface area (TPSA) is 26.3 Å². The molecule has 0 fully saturated rings. The van der Waals surface area contributed by atoms with Crippen LogP contribution in [0.4, 0.5) is 4.79 Å². The van der Waals surface area contributed by atoms with Gasteiger partial charge in [-0.15, -0.1) is 0 Å². The van der Waals surface area contributed by atoms with E-state index in [0.717, 1.165) is 12.8 Å². The van der Waals surface area contributed by atoms with E-state index in [0.29, 0.717) is 6.61 Å². The Bertz CT molecular complexity index is 160. The standard InChI is InChI=1S/C13H26O2S/c1-2-3-4-5-6-7-8-9-10-11-12-15-13(14)16/h2-12H2,1H3,(H,14,16). The maximum Gasteiger partial charge on any atom is 0.364 e. The number of rotatable bonds is 11. The number of hydrogen-bond acceptors (Lipinski definition) is 2. The summed E-state index contributed by atoms with van der Waals surface area (Å²) in [7, 11) is 0. The van der Waals surface area contributed by atoms with Gasteiger partial charge in [-0.05, 0) is 6.42 Å². The minimum Gasteiger partial charge on any atom is -0.458 e. The fraction of sp³-hybridized carbons (Fsp3) is 0.923. The molecule has 0 aliphatic rings. The van der Waals surface area contributed by atoms with E-state index in [-0.39, 0.29) is 0 Å². The van der Waals surface area contributed by atoms with Gasteiger partial charge in [0.05, 0.1) is 6.61 Å². The van der Waals surface area contributed by atoms with E-state index < -0.39 is 5.30 Å². The molecule has 0 aromatic heterocycles. The molecule has 0 aliphatic carbocycles. The van der Waals surface area contributed by atoms with Crippen molar-refractivity contribution in [1.82, 2.24) is 0 Å². The van der Waals surface area contributed by atoms with Crippen LogP contribution < -0.4 is 0 Å². The first kappa shape index (κ1) is 15.8. The normalized spacial score (nSPS) is 10.4. The van der Waals surface area contributed by atoms with Crippen molar-refractivity contribution in [3.05, 3.63) is 0 Å². The summed E-state index contributed by atoms with van der Waals surface area (Å²) < 4.78 is 4.74. The molecule has 16 heavy (non-hydrogen) atoms. The molecule has 0 amide bonds. The van der Waals surface area contributed by atoms with Crippen molar-refractivity contribution in [2.45, 2.75) is 71.1 Å². The Morgan fingerprint density at radius 2 is 1.31 bits per heavy atom. The van der Waals surface area contributed by atoms with Crippen LogP contribution in [0.25, 0.3) is 0 Å². The Labute approximate surface area is 106 Å². The quantitative estimate of drug-likeness (QED) is 0.316. The second kappa shape index (κ2) is 12.9. The minimum absolute atomic E-state index is 0.462. The summed E-state index contributed by atoms with van der Waals surface area (Å²) >= 11 is 3.54. The third-order valence-corrected chi connectivity index (χ3v) is 2.85. The lowest BCUT2D eigenvalue weighted by atomic mass is 10.1. The molecule has 0 bridgehead atoms. The molecule has 3 heteroatoms. The predicted molar refractivity (Wildman–Crippen MR) is 72.2 cm³/mol. The van der Waals surface area contributed by atoms with Crippen molar-refractivity contribution in [3.63, 3.8) is 0 Å². The van der Waals surface area contributed by atoms with Gasteiger partial charge in [-0.3, -0.25) is 0 Å². The van der Waals surface area contributed by atoms with Crippen LogP contribution >= 0.6 is 12.6 Å². The van der Waals surface area contributed by atoms with Crippen LogP contribution in [-0.4, -0.2) is 11.9 Å². The average Bonchev–Trinajstić information content (AvgIpc) is 2.25. The average molecular weight is 246 g/mol. The van der Waals surface area contributed by atoms with Gasteiger partial charge in [0.1, 0.15) is 0 Å². The number of thiol groups is 1. The molecule has 0 rings (SSSR count). The van der Waals surface area contributed by atoms with Crippen LogP contribution in [0.1, 0.15) is 71.1 Å². The number of carbonyl (C=O) groups is 1. The molecule has 96 valence electrons. The van der Waals surface area contributed by atoms with Gasteiger partial charge in [-0.2, -0.15) is 0 Å². The van der Waals surface area contributed by atoms with Crippen molar-refractivity contribution in [2.75, 3.05) is 6.61 Å². The third kappa shape index (κ3) is 13.8. The highest BCUT2D eigenvalue weighted by atomic mass is 32.1. The Balaban J connectivity index is 2.90. The van der Waals surface area contributed by atoms with Gasteiger partial charge in [0.15, 0.2) is 0 Å². The van der Waals surface area contributed by atoms with Crippen molar-refractivity contribution in [3.8, 4) is 0 Å². The van der Waals surface area contributed by atoms with E-state index in [2.05, 4.69) is 19.6 Å². The lowest BCUT2D eigenvalue weighted by molar-refractivity contribution is 0.173. The maximum atomic E-state index is 10.3. The number of ether oxygens (including phenoxy) is 1. The SMILES string of the molecule is CCCCCCCCCCCCOC(=O)S. The largest absolute Gasteiger partial charge is 0.458 e. The summed E-state index contributed by atoms with van der Waals surface area (Å²) in [6, 6.07) is 0.